The molecular formula is C24H25N5S. The number of piperidine rings is 1. The van der Waals surface area contributed by atoms with Gasteiger partial charge in [0, 0.05) is 35.7 Å². The first kappa shape index (κ1) is 18.2. The van der Waals surface area contributed by atoms with Gasteiger partial charge in [-0.15, -0.1) is 10.2 Å². The lowest BCUT2D eigenvalue weighted by Gasteiger charge is -2.27. The van der Waals surface area contributed by atoms with Gasteiger partial charge in [-0.05, 0) is 43.6 Å². The van der Waals surface area contributed by atoms with Gasteiger partial charge < -0.3 is 4.90 Å². The predicted molar refractivity (Wildman–Crippen MR) is 123 cm³/mol. The summed E-state index contributed by atoms with van der Waals surface area (Å²) in [5, 5.41) is 14.0. The van der Waals surface area contributed by atoms with Gasteiger partial charge in [-0.25, -0.2) is 0 Å². The van der Waals surface area contributed by atoms with Gasteiger partial charge in [0.2, 0.25) is 5.95 Å². The van der Waals surface area contributed by atoms with E-state index in [0.717, 1.165) is 41.2 Å². The van der Waals surface area contributed by atoms with E-state index < -0.39 is 0 Å². The van der Waals surface area contributed by atoms with Crippen LogP contribution >= 0.6 is 11.8 Å². The topological polar surface area (TPSA) is 46.8 Å². The van der Waals surface area contributed by atoms with Gasteiger partial charge in [-0.3, -0.25) is 9.55 Å². The predicted octanol–water partition coefficient (Wildman–Crippen LogP) is 5.60. The molecular weight excluding hydrogens is 390 g/mol. The molecule has 0 N–H and O–H groups in total. The molecule has 2 aromatic heterocycles. The molecule has 1 aliphatic heterocycles. The Kier molecular flexibility index (Phi) is 4.60. The number of thioether (sulfide) groups is 1. The van der Waals surface area contributed by atoms with Crippen molar-refractivity contribution in [3.05, 3.63) is 54.2 Å². The number of benzene rings is 2. The Hall–Kier alpha value is -2.60. The van der Waals surface area contributed by atoms with Crippen LogP contribution in [-0.2, 0) is 5.75 Å². The van der Waals surface area contributed by atoms with Crippen LogP contribution in [-0.4, -0.2) is 32.8 Å². The molecule has 30 heavy (non-hydrogen) atoms. The molecule has 1 saturated heterocycles. The van der Waals surface area contributed by atoms with Crippen LogP contribution in [0.25, 0.3) is 21.7 Å². The maximum atomic E-state index is 5.02. The Bertz CT molecular complexity index is 1210. The molecule has 3 heterocycles. The third kappa shape index (κ3) is 3.23. The Labute approximate surface area is 180 Å². The summed E-state index contributed by atoms with van der Waals surface area (Å²) in [6.45, 7) is 2.21. The average Bonchev–Trinajstić information content (AvgIpc) is 3.57. The minimum absolute atomic E-state index is 0.570. The summed E-state index contributed by atoms with van der Waals surface area (Å²) in [6.07, 6.45) is 6.32. The second-order valence-corrected chi connectivity index (χ2v) is 9.28. The van der Waals surface area contributed by atoms with Gasteiger partial charge in [-0.2, -0.15) is 0 Å². The number of fused-ring (bicyclic) bond motifs is 3. The molecule has 1 aliphatic carbocycles. The molecule has 0 bridgehead atoms. The number of pyridine rings is 1. The molecule has 5 nitrogen and oxygen atoms in total. The number of hydrogen-bond acceptors (Lipinski definition) is 5. The highest BCUT2D eigenvalue weighted by atomic mass is 32.2. The zero-order chi connectivity index (χ0) is 19.9. The molecule has 2 aromatic carbocycles. The van der Waals surface area contributed by atoms with Gasteiger partial charge in [0.25, 0.3) is 0 Å². The zero-order valence-corrected chi connectivity index (χ0v) is 17.8. The van der Waals surface area contributed by atoms with Crippen LogP contribution in [0, 0.1) is 0 Å². The van der Waals surface area contributed by atoms with Crippen molar-refractivity contribution in [3.8, 4) is 0 Å². The van der Waals surface area contributed by atoms with Crippen LogP contribution in [0.1, 0.15) is 43.8 Å². The number of nitrogens with zero attached hydrogens (tertiary/aromatic N) is 5. The highest BCUT2D eigenvalue weighted by Gasteiger charge is 2.32. The van der Waals surface area contributed by atoms with Crippen molar-refractivity contribution in [3.63, 3.8) is 0 Å². The molecule has 0 amide bonds. The summed E-state index contributed by atoms with van der Waals surface area (Å²) < 4.78 is 2.40. The molecule has 0 unspecified atom stereocenters. The second-order valence-electron chi connectivity index (χ2n) is 8.34. The summed E-state index contributed by atoms with van der Waals surface area (Å²) in [5.41, 5.74) is 2.18. The third-order valence-corrected chi connectivity index (χ3v) is 7.18. The number of anilines is 1. The van der Waals surface area contributed by atoms with Crippen molar-refractivity contribution in [2.75, 3.05) is 18.0 Å². The fourth-order valence-electron chi connectivity index (χ4n) is 4.55. The monoisotopic (exact) mass is 415 g/mol. The molecule has 6 rings (SSSR count). The van der Waals surface area contributed by atoms with Crippen molar-refractivity contribution >= 4 is 39.4 Å². The van der Waals surface area contributed by atoms with E-state index >= 15 is 0 Å². The lowest BCUT2D eigenvalue weighted by atomic mass is 10.0. The highest BCUT2D eigenvalue weighted by molar-refractivity contribution is 7.98. The molecule has 0 spiro atoms. The second kappa shape index (κ2) is 7.58. The maximum Gasteiger partial charge on any atom is 0.228 e. The van der Waals surface area contributed by atoms with E-state index in [-0.39, 0.29) is 0 Å². The molecule has 152 valence electrons. The van der Waals surface area contributed by atoms with Crippen LogP contribution in [0.5, 0.6) is 0 Å². The van der Waals surface area contributed by atoms with E-state index in [9.17, 15) is 0 Å². The van der Waals surface area contributed by atoms with Crippen molar-refractivity contribution < 1.29 is 0 Å². The van der Waals surface area contributed by atoms with E-state index in [1.54, 1.807) is 11.8 Å². The Morgan fingerprint density at radius 2 is 1.57 bits per heavy atom. The lowest BCUT2D eigenvalue weighted by Crippen LogP contribution is -2.31. The van der Waals surface area contributed by atoms with Gasteiger partial charge in [0.1, 0.15) is 0 Å². The third-order valence-electron chi connectivity index (χ3n) is 6.22. The smallest absolute Gasteiger partial charge is 0.228 e. The van der Waals surface area contributed by atoms with E-state index in [1.165, 1.54) is 48.3 Å². The number of rotatable bonds is 5. The Balaban J connectivity index is 1.34. The van der Waals surface area contributed by atoms with Gasteiger partial charge in [0.15, 0.2) is 5.16 Å². The Morgan fingerprint density at radius 1 is 0.833 bits per heavy atom. The van der Waals surface area contributed by atoms with Crippen LogP contribution in [0.2, 0.25) is 0 Å². The summed E-state index contributed by atoms with van der Waals surface area (Å²) in [4.78, 5) is 7.45. The molecule has 0 atom stereocenters. The summed E-state index contributed by atoms with van der Waals surface area (Å²) in [5.74, 6) is 1.88. The fraction of sp³-hybridized carbons (Fsp3) is 0.375. The normalized spacial score (nSPS) is 17.1. The SMILES string of the molecule is c1ccc2c(c1)nc(CSc1nnc(N3CCCCC3)n1C1CC1)c1ccccc12. The molecule has 2 aliphatic rings. The quantitative estimate of drug-likeness (QED) is 0.314. The molecule has 6 heteroatoms. The standard InChI is InChI=1S/C24H25N5S/c1-6-14-28(15-7-1)23-26-27-24(29(23)17-12-13-17)30-16-22-20-10-3-2-8-18(20)19-9-4-5-11-21(19)25-22/h2-5,8-11,17H,1,6-7,12-16H2. The van der Waals surface area contributed by atoms with Crippen LogP contribution in [0.4, 0.5) is 5.95 Å². The van der Waals surface area contributed by atoms with Crippen LogP contribution < -0.4 is 4.90 Å². The number of para-hydroxylation sites is 1. The van der Waals surface area contributed by atoms with Crippen molar-refractivity contribution in [1.29, 1.82) is 0 Å². The van der Waals surface area contributed by atoms with Gasteiger partial charge in [0.05, 0.1) is 11.2 Å². The number of hydrogen-bond donors (Lipinski definition) is 0. The first-order valence-electron chi connectivity index (χ1n) is 11.0. The van der Waals surface area contributed by atoms with Crippen molar-refractivity contribution in [2.45, 2.75) is 49.1 Å². The van der Waals surface area contributed by atoms with E-state index in [4.69, 9.17) is 4.98 Å². The first-order chi connectivity index (χ1) is 14.9. The zero-order valence-electron chi connectivity index (χ0n) is 17.0. The molecule has 2 fully saturated rings. The van der Waals surface area contributed by atoms with E-state index in [0.29, 0.717) is 6.04 Å². The fourth-order valence-corrected chi connectivity index (χ4v) is 5.50. The van der Waals surface area contributed by atoms with E-state index in [1.807, 2.05) is 0 Å². The van der Waals surface area contributed by atoms with Gasteiger partial charge >= 0.3 is 0 Å². The van der Waals surface area contributed by atoms with Crippen LogP contribution in [0.3, 0.4) is 0 Å². The van der Waals surface area contributed by atoms with E-state index in [2.05, 4.69) is 68.2 Å². The molecule has 1 saturated carbocycles. The summed E-state index contributed by atoms with van der Waals surface area (Å²) >= 11 is 1.78. The lowest BCUT2D eigenvalue weighted by molar-refractivity contribution is 0.548. The summed E-state index contributed by atoms with van der Waals surface area (Å²) in [7, 11) is 0. The summed E-state index contributed by atoms with van der Waals surface area (Å²) in [6, 6.07) is 17.6. The number of aromatic nitrogens is 4. The van der Waals surface area contributed by atoms with Gasteiger partial charge in [-0.1, -0.05) is 54.2 Å². The molecule has 0 radical (unpaired) electrons. The van der Waals surface area contributed by atoms with Crippen molar-refractivity contribution in [1.82, 2.24) is 19.7 Å². The Morgan fingerprint density at radius 3 is 2.37 bits per heavy atom. The highest BCUT2D eigenvalue weighted by Crippen LogP contribution is 2.42. The first-order valence-corrected chi connectivity index (χ1v) is 12.0. The largest absolute Gasteiger partial charge is 0.341 e. The minimum Gasteiger partial charge on any atom is -0.341 e. The maximum absolute atomic E-state index is 5.02. The minimum atomic E-state index is 0.570. The average molecular weight is 416 g/mol. The van der Waals surface area contributed by atoms with Crippen LogP contribution in [0.15, 0.2) is 53.7 Å². The van der Waals surface area contributed by atoms with Crippen molar-refractivity contribution in [2.24, 2.45) is 0 Å². The molecule has 4 aromatic rings.